The first kappa shape index (κ1) is 23.7. The molecular weight excluding hydrogens is 379 g/mol. The Morgan fingerprint density at radius 2 is 1.61 bits per heavy atom. The SMILES string of the molecule is CC.CCOC(=O)[C@H](C)OP(=O)(COc1ccc(C)cc1)Oc1ccccc1. The monoisotopic (exact) mass is 408 g/mol. The lowest BCUT2D eigenvalue weighted by molar-refractivity contribution is -0.150. The molecule has 154 valence electrons. The Hall–Kier alpha value is -2.30. The number of aryl methyl sites for hydroxylation is 1. The first-order valence-electron chi connectivity index (χ1n) is 9.30. The lowest BCUT2D eigenvalue weighted by Crippen LogP contribution is -2.24. The van der Waals surface area contributed by atoms with Gasteiger partial charge in [-0.3, -0.25) is 4.52 Å². The molecule has 7 heteroatoms. The molecule has 0 aromatic heterocycles. The van der Waals surface area contributed by atoms with E-state index in [9.17, 15) is 9.36 Å². The molecule has 0 aliphatic rings. The van der Waals surface area contributed by atoms with Gasteiger partial charge in [-0.15, -0.1) is 0 Å². The molecule has 28 heavy (non-hydrogen) atoms. The lowest BCUT2D eigenvalue weighted by Gasteiger charge is -2.22. The van der Waals surface area contributed by atoms with Crippen LogP contribution in [0.4, 0.5) is 0 Å². The largest absolute Gasteiger partial charge is 0.480 e. The van der Waals surface area contributed by atoms with Crippen LogP contribution in [0.3, 0.4) is 0 Å². The summed E-state index contributed by atoms with van der Waals surface area (Å²) in [6, 6.07) is 15.9. The van der Waals surface area contributed by atoms with Crippen molar-refractivity contribution in [3.05, 3.63) is 60.2 Å². The maximum Gasteiger partial charge on any atom is 0.417 e. The van der Waals surface area contributed by atoms with E-state index >= 15 is 0 Å². The van der Waals surface area contributed by atoms with Crippen LogP contribution in [0.2, 0.25) is 0 Å². The Kier molecular flexibility index (Phi) is 10.4. The van der Waals surface area contributed by atoms with Gasteiger partial charge in [-0.05, 0) is 45.0 Å². The molecule has 2 rings (SSSR count). The molecule has 0 bridgehead atoms. The fourth-order valence-corrected chi connectivity index (χ4v) is 3.53. The van der Waals surface area contributed by atoms with Crippen molar-refractivity contribution in [3.63, 3.8) is 0 Å². The predicted octanol–water partition coefficient (Wildman–Crippen LogP) is 5.60. The highest BCUT2D eigenvalue weighted by molar-refractivity contribution is 7.54. The second-order valence-electron chi connectivity index (χ2n) is 5.60. The van der Waals surface area contributed by atoms with Crippen molar-refractivity contribution in [1.82, 2.24) is 0 Å². The highest BCUT2D eigenvalue weighted by Crippen LogP contribution is 2.49. The Morgan fingerprint density at radius 1 is 1.00 bits per heavy atom. The summed E-state index contributed by atoms with van der Waals surface area (Å²) in [5.74, 6) is 0.277. The van der Waals surface area contributed by atoms with E-state index in [2.05, 4.69) is 0 Å². The van der Waals surface area contributed by atoms with Crippen LogP contribution in [0, 0.1) is 6.92 Å². The third kappa shape index (κ3) is 8.15. The maximum absolute atomic E-state index is 13.2. The second kappa shape index (κ2) is 12.2. The van der Waals surface area contributed by atoms with Crippen LogP contribution in [-0.2, 0) is 18.6 Å². The van der Waals surface area contributed by atoms with Gasteiger partial charge in [0.15, 0.2) is 6.10 Å². The van der Waals surface area contributed by atoms with Gasteiger partial charge < -0.3 is 14.0 Å². The molecule has 6 nitrogen and oxygen atoms in total. The summed E-state index contributed by atoms with van der Waals surface area (Å²) in [5, 5.41) is 0. The average molecular weight is 408 g/mol. The summed E-state index contributed by atoms with van der Waals surface area (Å²) in [6.45, 7) is 9.31. The molecule has 0 heterocycles. The van der Waals surface area contributed by atoms with Crippen molar-refractivity contribution in [2.24, 2.45) is 0 Å². The maximum atomic E-state index is 13.2. The van der Waals surface area contributed by atoms with Crippen LogP contribution in [-0.4, -0.2) is 25.0 Å². The summed E-state index contributed by atoms with van der Waals surface area (Å²) in [4.78, 5) is 11.8. The summed E-state index contributed by atoms with van der Waals surface area (Å²) in [7, 11) is -3.78. The van der Waals surface area contributed by atoms with Crippen LogP contribution in [0.5, 0.6) is 11.5 Å². The number of ether oxygens (including phenoxy) is 2. The molecule has 0 aliphatic heterocycles. The molecule has 0 amide bonds. The molecule has 2 aromatic carbocycles. The second-order valence-corrected chi connectivity index (χ2v) is 7.47. The van der Waals surface area contributed by atoms with E-state index in [0.29, 0.717) is 11.5 Å². The van der Waals surface area contributed by atoms with Crippen molar-refractivity contribution in [3.8, 4) is 11.5 Å². The zero-order chi connectivity index (χ0) is 21.0. The van der Waals surface area contributed by atoms with Crippen LogP contribution >= 0.6 is 7.60 Å². The topological polar surface area (TPSA) is 71.1 Å². The molecule has 0 saturated carbocycles. The minimum Gasteiger partial charge on any atom is -0.480 e. The molecule has 0 N–H and O–H groups in total. The van der Waals surface area contributed by atoms with Crippen molar-refractivity contribution >= 4 is 13.6 Å². The zero-order valence-corrected chi connectivity index (χ0v) is 18.0. The van der Waals surface area contributed by atoms with Crippen molar-refractivity contribution in [2.45, 2.75) is 40.7 Å². The van der Waals surface area contributed by atoms with Crippen molar-refractivity contribution in [1.29, 1.82) is 0 Å². The van der Waals surface area contributed by atoms with Gasteiger partial charge in [0.2, 0.25) is 6.35 Å². The molecule has 0 aliphatic carbocycles. The highest BCUT2D eigenvalue weighted by Gasteiger charge is 2.33. The molecule has 0 spiro atoms. The molecule has 0 saturated heterocycles. The molecule has 1 unspecified atom stereocenters. The Morgan fingerprint density at radius 3 is 2.18 bits per heavy atom. The number of para-hydroxylation sites is 1. The van der Waals surface area contributed by atoms with Gasteiger partial charge in [0.05, 0.1) is 6.61 Å². The highest BCUT2D eigenvalue weighted by atomic mass is 31.2. The minimum atomic E-state index is -3.78. The third-order valence-corrected chi connectivity index (χ3v) is 4.91. The minimum absolute atomic E-state index is 0.205. The van der Waals surface area contributed by atoms with Crippen LogP contribution in [0.1, 0.15) is 33.3 Å². The number of hydrogen-bond donors (Lipinski definition) is 0. The quantitative estimate of drug-likeness (QED) is 0.397. The van der Waals surface area contributed by atoms with Crippen LogP contribution in [0.15, 0.2) is 54.6 Å². The van der Waals surface area contributed by atoms with Gasteiger partial charge in [0.25, 0.3) is 0 Å². The molecule has 2 aromatic rings. The lowest BCUT2D eigenvalue weighted by atomic mass is 10.2. The van der Waals surface area contributed by atoms with Gasteiger partial charge in [-0.25, -0.2) is 9.36 Å². The number of rotatable bonds is 9. The van der Waals surface area contributed by atoms with E-state index in [1.54, 1.807) is 43.3 Å². The molecule has 0 fully saturated rings. The van der Waals surface area contributed by atoms with Gasteiger partial charge in [-0.2, -0.15) is 0 Å². The van der Waals surface area contributed by atoms with Crippen LogP contribution in [0.25, 0.3) is 0 Å². The predicted molar refractivity (Wildman–Crippen MR) is 110 cm³/mol. The first-order chi connectivity index (χ1) is 13.4. The van der Waals surface area contributed by atoms with Crippen molar-refractivity contribution < 1.29 is 27.9 Å². The zero-order valence-electron chi connectivity index (χ0n) is 17.1. The normalized spacial score (nSPS) is 13.3. The van der Waals surface area contributed by atoms with E-state index in [4.69, 9.17) is 18.5 Å². The van der Waals surface area contributed by atoms with E-state index < -0.39 is 19.7 Å². The van der Waals surface area contributed by atoms with E-state index in [1.165, 1.54) is 6.92 Å². The summed E-state index contributed by atoms with van der Waals surface area (Å²) in [6.07, 6.45) is -1.39. The fourth-order valence-electron chi connectivity index (χ4n) is 2.05. The summed E-state index contributed by atoms with van der Waals surface area (Å²) < 4.78 is 34.6. The summed E-state index contributed by atoms with van der Waals surface area (Å²) >= 11 is 0. The number of carbonyl (C=O) groups excluding carboxylic acids is 1. The standard InChI is InChI=1S/C19H23O6P.C2H6/c1-4-22-19(20)16(3)24-26(21,25-18-8-6-5-7-9-18)14-23-17-12-10-15(2)11-13-17;1-2/h5-13,16H,4,14H2,1-3H3;1-2H3/t16-,26?;/m0./s1. The Balaban J connectivity index is 0.00000190. The van der Waals surface area contributed by atoms with Gasteiger partial charge in [-0.1, -0.05) is 49.7 Å². The van der Waals surface area contributed by atoms with Gasteiger partial charge in [0, 0.05) is 0 Å². The van der Waals surface area contributed by atoms with Gasteiger partial charge in [0.1, 0.15) is 11.5 Å². The summed E-state index contributed by atoms with van der Waals surface area (Å²) in [5.41, 5.74) is 1.08. The first-order valence-corrected chi connectivity index (χ1v) is 11.0. The molecule has 0 radical (unpaired) electrons. The van der Waals surface area contributed by atoms with E-state index in [-0.39, 0.29) is 13.0 Å². The number of hydrogen-bond acceptors (Lipinski definition) is 6. The Bertz CT molecular complexity index is 745. The number of benzene rings is 2. The van der Waals surface area contributed by atoms with Crippen LogP contribution < -0.4 is 9.26 Å². The number of esters is 1. The third-order valence-electron chi connectivity index (χ3n) is 3.34. The smallest absolute Gasteiger partial charge is 0.417 e. The number of carbonyl (C=O) groups is 1. The van der Waals surface area contributed by atoms with E-state index in [1.807, 2.05) is 39.0 Å². The Labute approximate surface area is 167 Å². The molecular formula is C21H29O6P. The average Bonchev–Trinajstić information content (AvgIpc) is 2.70. The molecule has 2 atom stereocenters. The van der Waals surface area contributed by atoms with Gasteiger partial charge >= 0.3 is 13.6 Å². The van der Waals surface area contributed by atoms with E-state index in [0.717, 1.165) is 5.56 Å². The fraction of sp³-hybridized carbons (Fsp3) is 0.381. The van der Waals surface area contributed by atoms with Crippen molar-refractivity contribution in [2.75, 3.05) is 13.0 Å².